The van der Waals surface area contributed by atoms with Gasteiger partial charge in [0.05, 0.1) is 0 Å². The summed E-state index contributed by atoms with van der Waals surface area (Å²) in [5, 5.41) is 2.99. The lowest BCUT2D eigenvalue weighted by molar-refractivity contribution is 0.0936. The highest BCUT2D eigenvalue weighted by Gasteiger charge is 2.21. The first-order valence-corrected chi connectivity index (χ1v) is 7.26. The van der Waals surface area contributed by atoms with Crippen LogP contribution in [0, 0.1) is 18.3 Å². The third kappa shape index (κ3) is 4.23. The Kier molecular flexibility index (Phi) is 5.02. The molecule has 0 aliphatic rings. The summed E-state index contributed by atoms with van der Waals surface area (Å²) in [6.45, 7) is 11.2. The Morgan fingerprint density at radius 1 is 1.42 bits per heavy atom. The monoisotopic (exact) mass is 326 g/mol. The molecule has 0 bridgehead atoms. The van der Waals surface area contributed by atoms with Gasteiger partial charge in [0.15, 0.2) is 0 Å². The molecule has 1 atom stereocenters. The zero-order valence-corrected chi connectivity index (χ0v) is 13.9. The molecule has 0 aliphatic heterocycles. The highest BCUT2D eigenvalue weighted by atomic mass is 79.9. The van der Waals surface area contributed by atoms with E-state index in [2.05, 4.69) is 48.9 Å². The van der Waals surface area contributed by atoms with Crippen LogP contribution in [0.5, 0.6) is 0 Å². The lowest BCUT2D eigenvalue weighted by Gasteiger charge is -2.27. The minimum absolute atomic E-state index is 0.0680. The Hall–Kier alpha value is -1.03. The first-order chi connectivity index (χ1) is 8.62. The Bertz CT molecular complexity index is 478. The first-order valence-electron chi connectivity index (χ1n) is 6.46. The molecule has 1 amide bonds. The van der Waals surface area contributed by atoms with E-state index in [0.29, 0.717) is 23.7 Å². The summed E-state index contributed by atoms with van der Waals surface area (Å²) in [6.07, 6.45) is 0. The van der Waals surface area contributed by atoms with Crippen LogP contribution in [-0.4, -0.2) is 12.5 Å². The van der Waals surface area contributed by atoms with Gasteiger partial charge in [-0.15, -0.1) is 0 Å². The van der Waals surface area contributed by atoms with E-state index in [1.807, 2.05) is 19.1 Å². The Morgan fingerprint density at radius 2 is 2.00 bits per heavy atom. The van der Waals surface area contributed by atoms with E-state index in [1.54, 1.807) is 0 Å². The van der Waals surface area contributed by atoms with Gasteiger partial charge in [-0.1, -0.05) is 43.6 Å². The van der Waals surface area contributed by atoms with Crippen LogP contribution < -0.4 is 11.1 Å². The van der Waals surface area contributed by atoms with E-state index in [9.17, 15) is 4.79 Å². The van der Waals surface area contributed by atoms with Gasteiger partial charge in [0, 0.05) is 22.3 Å². The number of nitrogens with one attached hydrogen (secondary N) is 1. The highest BCUT2D eigenvalue weighted by molar-refractivity contribution is 9.10. The van der Waals surface area contributed by atoms with E-state index in [0.717, 1.165) is 10.0 Å². The maximum Gasteiger partial charge on any atom is 0.251 e. The number of halogens is 1. The second-order valence-electron chi connectivity index (χ2n) is 6.14. The molecular formula is C15H23BrN2O. The molecule has 0 fully saturated rings. The highest BCUT2D eigenvalue weighted by Crippen LogP contribution is 2.25. The zero-order chi connectivity index (χ0) is 14.8. The number of nitrogens with two attached hydrogens (primary N) is 1. The molecule has 0 spiro atoms. The molecule has 0 saturated carbocycles. The molecule has 1 aromatic rings. The van der Waals surface area contributed by atoms with Gasteiger partial charge in [0.1, 0.15) is 0 Å². The fourth-order valence-corrected chi connectivity index (χ4v) is 2.06. The van der Waals surface area contributed by atoms with Crippen molar-refractivity contribution >= 4 is 27.5 Å². The zero-order valence-electron chi connectivity index (χ0n) is 12.3. The number of anilines is 1. The summed E-state index contributed by atoms with van der Waals surface area (Å²) in [5.41, 5.74) is 8.14. The summed E-state index contributed by atoms with van der Waals surface area (Å²) < 4.78 is 0.824. The number of rotatable bonds is 3. The lowest BCUT2D eigenvalue weighted by atomic mass is 9.82. The molecule has 0 aliphatic carbocycles. The molecule has 0 radical (unpaired) electrons. The fraction of sp³-hybridized carbons (Fsp3) is 0.533. The molecule has 3 N–H and O–H groups in total. The minimum atomic E-state index is -0.0680. The minimum Gasteiger partial charge on any atom is -0.398 e. The third-order valence-electron chi connectivity index (χ3n) is 3.70. The van der Waals surface area contributed by atoms with Gasteiger partial charge in [-0.3, -0.25) is 4.79 Å². The SMILES string of the molecule is Cc1c(N)cc(Br)cc1C(=O)NCC(C)C(C)(C)C. The molecule has 0 aromatic heterocycles. The first kappa shape index (κ1) is 16.0. The Morgan fingerprint density at radius 3 is 2.53 bits per heavy atom. The molecule has 1 unspecified atom stereocenters. The molecule has 106 valence electrons. The number of hydrogen-bond acceptors (Lipinski definition) is 2. The molecule has 0 saturated heterocycles. The van der Waals surface area contributed by atoms with E-state index in [-0.39, 0.29) is 11.3 Å². The third-order valence-corrected chi connectivity index (χ3v) is 4.16. The van der Waals surface area contributed by atoms with Crippen LogP contribution in [0.15, 0.2) is 16.6 Å². The Balaban J connectivity index is 2.80. The van der Waals surface area contributed by atoms with E-state index < -0.39 is 0 Å². The fourth-order valence-electron chi connectivity index (χ4n) is 1.58. The van der Waals surface area contributed by atoms with Gasteiger partial charge < -0.3 is 11.1 Å². The summed E-state index contributed by atoms with van der Waals surface area (Å²) in [6, 6.07) is 3.62. The normalized spacial score (nSPS) is 13.2. The van der Waals surface area contributed by atoms with Crippen LogP contribution in [-0.2, 0) is 0 Å². The predicted octanol–water partition coefficient (Wildman–Crippen LogP) is 3.75. The van der Waals surface area contributed by atoms with Crippen LogP contribution in [0.4, 0.5) is 5.69 Å². The summed E-state index contributed by atoms with van der Waals surface area (Å²) in [7, 11) is 0. The van der Waals surface area contributed by atoms with Gasteiger partial charge in [0.25, 0.3) is 5.91 Å². The van der Waals surface area contributed by atoms with Crippen LogP contribution in [0.2, 0.25) is 0 Å². The molecule has 1 rings (SSSR count). The molecule has 1 aromatic carbocycles. The van der Waals surface area contributed by atoms with Crippen LogP contribution in [0.25, 0.3) is 0 Å². The van der Waals surface area contributed by atoms with Crippen molar-refractivity contribution in [1.82, 2.24) is 5.32 Å². The molecule has 3 nitrogen and oxygen atoms in total. The summed E-state index contributed by atoms with van der Waals surface area (Å²) >= 11 is 3.37. The van der Waals surface area contributed by atoms with Gasteiger partial charge in [0.2, 0.25) is 0 Å². The number of amides is 1. The van der Waals surface area contributed by atoms with Crippen molar-refractivity contribution < 1.29 is 4.79 Å². The maximum atomic E-state index is 12.2. The van der Waals surface area contributed by atoms with Crippen molar-refractivity contribution in [3.63, 3.8) is 0 Å². The van der Waals surface area contributed by atoms with Gasteiger partial charge in [-0.25, -0.2) is 0 Å². The van der Waals surface area contributed by atoms with Crippen molar-refractivity contribution in [2.45, 2.75) is 34.6 Å². The van der Waals surface area contributed by atoms with Crippen molar-refractivity contribution in [2.24, 2.45) is 11.3 Å². The average molecular weight is 327 g/mol. The van der Waals surface area contributed by atoms with Gasteiger partial charge in [-0.05, 0) is 36.0 Å². The predicted molar refractivity (Wildman–Crippen MR) is 84.2 cm³/mol. The average Bonchev–Trinajstić information content (AvgIpc) is 2.28. The second-order valence-corrected chi connectivity index (χ2v) is 7.06. The molecule has 0 heterocycles. The summed E-state index contributed by atoms with van der Waals surface area (Å²) in [4.78, 5) is 12.2. The standard InChI is InChI=1S/C15H23BrN2O/c1-9(15(3,4)5)8-18-14(19)12-6-11(16)7-13(17)10(12)2/h6-7,9H,8,17H2,1-5H3,(H,18,19). The van der Waals surface area contributed by atoms with Crippen LogP contribution in [0.3, 0.4) is 0 Å². The van der Waals surface area contributed by atoms with Crippen molar-refractivity contribution in [3.8, 4) is 0 Å². The smallest absolute Gasteiger partial charge is 0.251 e. The molecule has 19 heavy (non-hydrogen) atoms. The quantitative estimate of drug-likeness (QED) is 0.831. The summed E-state index contributed by atoms with van der Waals surface area (Å²) in [5.74, 6) is 0.336. The molecular weight excluding hydrogens is 304 g/mol. The van der Waals surface area contributed by atoms with Gasteiger partial charge in [-0.2, -0.15) is 0 Å². The van der Waals surface area contributed by atoms with Crippen molar-refractivity contribution in [2.75, 3.05) is 12.3 Å². The van der Waals surface area contributed by atoms with Gasteiger partial charge >= 0.3 is 0 Å². The number of carbonyl (C=O) groups excluding carboxylic acids is 1. The Labute approximate surface area is 124 Å². The van der Waals surface area contributed by atoms with E-state index in [1.165, 1.54) is 0 Å². The van der Waals surface area contributed by atoms with E-state index >= 15 is 0 Å². The maximum absolute atomic E-state index is 12.2. The van der Waals surface area contributed by atoms with Crippen LogP contribution >= 0.6 is 15.9 Å². The topological polar surface area (TPSA) is 55.1 Å². The number of carbonyl (C=O) groups is 1. The second kappa shape index (κ2) is 5.95. The lowest BCUT2D eigenvalue weighted by Crippen LogP contribution is -2.34. The van der Waals surface area contributed by atoms with Crippen molar-refractivity contribution in [1.29, 1.82) is 0 Å². The van der Waals surface area contributed by atoms with Crippen LogP contribution in [0.1, 0.15) is 43.6 Å². The number of nitrogen functional groups attached to an aromatic ring is 1. The van der Waals surface area contributed by atoms with Crippen molar-refractivity contribution in [3.05, 3.63) is 27.7 Å². The largest absolute Gasteiger partial charge is 0.398 e. The number of hydrogen-bond donors (Lipinski definition) is 2. The number of benzene rings is 1. The van der Waals surface area contributed by atoms with E-state index in [4.69, 9.17) is 5.73 Å². The molecule has 4 heteroatoms.